The van der Waals surface area contributed by atoms with Crippen LogP contribution in [-0.2, 0) is 4.74 Å². The standard InChI is InChI=1S/C22H23NO4/c1-24-16-7-5-15(6-8-16)22-13-20(23-14-18-4-3-11-26-18)19-12-17(25-2)9-10-21(19)27-22/h5-10,12-13,18H,3-4,11,14H2,1-2H3/t18-/m1/s1. The molecule has 1 atom stereocenters. The van der Waals surface area contributed by atoms with E-state index in [-0.39, 0.29) is 6.10 Å². The molecule has 2 heterocycles. The lowest BCUT2D eigenvalue weighted by Crippen LogP contribution is -2.13. The lowest BCUT2D eigenvalue weighted by Gasteiger charge is -2.09. The third kappa shape index (κ3) is 3.83. The minimum atomic E-state index is 0.201. The van der Waals surface area contributed by atoms with Crippen LogP contribution in [0.4, 0.5) is 0 Å². The van der Waals surface area contributed by atoms with Crippen LogP contribution in [0.5, 0.6) is 11.5 Å². The Kier molecular flexibility index (Phi) is 5.12. The van der Waals surface area contributed by atoms with Crippen LogP contribution in [0.25, 0.3) is 22.3 Å². The molecule has 1 fully saturated rings. The molecule has 0 bridgehead atoms. The van der Waals surface area contributed by atoms with E-state index in [9.17, 15) is 0 Å². The molecule has 0 unspecified atom stereocenters. The summed E-state index contributed by atoms with van der Waals surface area (Å²) in [7, 11) is 3.32. The van der Waals surface area contributed by atoms with Gasteiger partial charge in [0.2, 0.25) is 0 Å². The van der Waals surface area contributed by atoms with Crippen molar-refractivity contribution in [2.24, 2.45) is 4.99 Å². The lowest BCUT2D eigenvalue weighted by molar-refractivity contribution is 0.117. The number of fused-ring (bicyclic) bond motifs is 1. The molecular weight excluding hydrogens is 342 g/mol. The minimum Gasteiger partial charge on any atom is -0.497 e. The van der Waals surface area contributed by atoms with Crippen molar-refractivity contribution in [1.29, 1.82) is 0 Å². The Bertz CT molecular complexity index is 985. The summed E-state index contributed by atoms with van der Waals surface area (Å²) in [4.78, 5) is 4.85. The van der Waals surface area contributed by atoms with Crippen molar-refractivity contribution >= 4 is 11.0 Å². The third-order valence-electron chi connectivity index (χ3n) is 4.81. The van der Waals surface area contributed by atoms with Crippen molar-refractivity contribution in [3.8, 4) is 22.8 Å². The molecule has 140 valence electrons. The summed E-state index contributed by atoms with van der Waals surface area (Å²) in [6.45, 7) is 1.48. The molecule has 1 aromatic heterocycles. The first kappa shape index (κ1) is 17.6. The maximum absolute atomic E-state index is 6.15. The van der Waals surface area contributed by atoms with Crippen LogP contribution in [0, 0.1) is 0 Å². The zero-order valence-corrected chi connectivity index (χ0v) is 15.6. The van der Waals surface area contributed by atoms with Gasteiger partial charge in [-0.1, -0.05) is 0 Å². The molecule has 0 spiro atoms. The molecule has 1 saturated heterocycles. The van der Waals surface area contributed by atoms with Gasteiger partial charge in [0.25, 0.3) is 0 Å². The van der Waals surface area contributed by atoms with Crippen molar-refractivity contribution in [1.82, 2.24) is 0 Å². The van der Waals surface area contributed by atoms with Crippen LogP contribution >= 0.6 is 0 Å². The van der Waals surface area contributed by atoms with Crippen LogP contribution in [0.3, 0.4) is 0 Å². The zero-order chi connectivity index (χ0) is 18.6. The molecule has 0 radical (unpaired) electrons. The number of methoxy groups -OCH3 is 2. The second-order valence-electron chi connectivity index (χ2n) is 6.56. The quantitative estimate of drug-likeness (QED) is 0.680. The van der Waals surface area contributed by atoms with Gasteiger partial charge in [-0.25, -0.2) is 0 Å². The maximum atomic E-state index is 6.15. The van der Waals surface area contributed by atoms with Crippen LogP contribution < -0.4 is 14.8 Å². The molecule has 0 saturated carbocycles. The van der Waals surface area contributed by atoms with E-state index in [0.717, 1.165) is 58.6 Å². The molecule has 0 amide bonds. The summed E-state index contributed by atoms with van der Waals surface area (Å²) in [6.07, 6.45) is 2.37. The minimum absolute atomic E-state index is 0.201. The van der Waals surface area contributed by atoms with E-state index in [0.29, 0.717) is 6.54 Å². The summed E-state index contributed by atoms with van der Waals surface area (Å²) < 4.78 is 22.5. The highest BCUT2D eigenvalue weighted by atomic mass is 16.5. The fraction of sp³-hybridized carbons (Fsp3) is 0.318. The number of nitrogens with zero attached hydrogens (tertiary/aromatic N) is 1. The molecule has 3 aromatic rings. The van der Waals surface area contributed by atoms with E-state index in [4.69, 9.17) is 23.6 Å². The van der Waals surface area contributed by atoms with Crippen LogP contribution in [0.1, 0.15) is 12.8 Å². The van der Waals surface area contributed by atoms with Gasteiger partial charge in [0.1, 0.15) is 22.8 Å². The van der Waals surface area contributed by atoms with Crippen LogP contribution in [-0.4, -0.2) is 33.5 Å². The molecule has 27 heavy (non-hydrogen) atoms. The van der Waals surface area contributed by atoms with Gasteiger partial charge in [0.15, 0.2) is 0 Å². The Hall–Kier alpha value is -2.79. The maximum Gasteiger partial charge on any atom is 0.137 e. The van der Waals surface area contributed by atoms with Crippen LogP contribution in [0.2, 0.25) is 0 Å². The monoisotopic (exact) mass is 365 g/mol. The highest BCUT2D eigenvalue weighted by molar-refractivity contribution is 5.80. The molecule has 5 nitrogen and oxygen atoms in total. The molecule has 4 rings (SSSR count). The van der Waals surface area contributed by atoms with Gasteiger partial charge < -0.3 is 18.6 Å². The molecule has 5 heteroatoms. The largest absolute Gasteiger partial charge is 0.497 e. The zero-order valence-electron chi connectivity index (χ0n) is 15.6. The van der Waals surface area contributed by atoms with Gasteiger partial charge >= 0.3 is 0 Å². The van der Waals surface area contributed by atoms with Crippen molar-refractivity contribution in [3.63, 3.8) is 0 Å². The Morgan fingerprint density at radius 3 is 2.48 bits per heavy atom. The van der Waals surface area contributed by atoms with Crippen molar-refractivity contribution in [2.75, 3.05) is 27.4 Å². The van der Waals surface area contributed by atoms with Crippen molar-refractivity contribution < 1.29 is 18.6 Å². The number of hydrogen-bond acceptors (Lipinski definition) is 5. The van der Waals surface area contributed by atoms with Gasteiger partial charge in [-0.2, -0.15) is 0 Å². The first-order valence-corrected chi connectivity index (χ1v) is 9.15. The predicted molar refractivity (Wildman–Crippen MR) is 104 cm³/mol. The van der Waals surface area contributed by atoms with Gasteiger partial charge in [-0.15, -0.1) is 0 Å². The highest BCUT2D eigenvalue weighted by Crippen LogP contribution is 2.26. The van der Waals surface area contributed by atoms with Gasteiger partial charge in [0, 0.05) is 23.6 Å². The SMILES string of the molecule is COc1ccc(-c2cc(=NC[C@H]3CCCO3)c3cc(OC)ccc3o2)cc1. The number of hydrogen-bond donors (Lipinski definition) is 0. The smallest absolute Gasteiger partial charge is 0.137 e. The Balaban J connectivity index is 1.81. The van der Waals surface area contributed by atoms with Crippen LogP contribution in [0.15, 0.2) is 57.9 Å². The first-order chi connectivity index (χ1) is 13.3. The summed E-state index contributed by atoms with van der Waals surface area (Å²) >= 11 is 0. The van der Waals surface area contributed by atoms with Crippen molar-refractivity contribution in [3.05, 3.63) is 53.9 Å². The van der Waals surface area contributed by atoms with E-state index in [1.807, 2.05) is 48.5 Å². The average molecular weight is 365 g/mol. The van der Waals surface area contributed by atoms with Crippen molar-refractivity contribution in [2.45, 2.75) is 18.9 Å². The Labute approximate surface area is 158 Å². The summed E-state index contributed by atoms with van der Waals surface area (Å²) in [6, 6.07) is 15.6. The molecule has 0 N–H and O–H groups in total. The molecule has 1 aliphatic heterocycles. The second-order valence-corrected chi connectivity index (χ2v) is 6.56. The van der Waals surface area contributed by atoms with E-state index in [1.165, 1.54) is 0 Å². The Morgan fingerprint density at radius 2 is 1.78 bits per heavy atom. The Morgan fingerprint density at radius 1 is 1.00 bits per heavy atom. The summed E-state index contributed by atoms with van der Waals surface area (Å²) in [5.74, 6) is 2.36. The molecule has 1 aliphatic rings. The summed E-state index contributed by atoms with van der Waals surface area (Å²) in [5, 5.41) is 1.82. The molecule has 0 aliphatic carbocycles. The number of benzene rings is 2. The van der Waals surface area contributed by atoms with E-state index in [1.54, 1.807) is 14.2 Å². The third-order valence-corrected chi connectivity index (χ3v) is 4.81. The predicted octanol–water partition coefficient (Wildman–Crippen LogP) is 4.20. The summed E-state index contributed by atoms with van der Waals surface area (Å²) in [5.41, 5.74) is 1.75. The fourth-order valence-electron chi connectivity index (χ4n) is 3.29. The van der Waals surface area contributed by atoms with E-state index >= 15 is 0 Å². The number of rotatable bonds is 5. The number of ether oxygens (including phenoxy) is 3. The first-order valence-electron chi connectivity index (χ1n) is 9.15. The fourth-order valence-corrected chi connectivity index (χ4v) is 3.29. The van der Waals surface area contributed by atoms with Gasteiger partial charge in [-0.05, 0) is 55.3 Å². The van der Waals surface area contributed by atoms with Gasteiger partial charge in [-0.3, -0.25) is 4.99 Å². The highest BCUT2D eigenvalue weighted by Gasteiger charge is 2.15. The normalized spacial score (nSPS) is 17.4. The topological polar surface area (TPSA) is 53.2 Å². The van der Waals surface area contributed by atoms with Gasteiger partial charge in [0.05, 0.1) is 32.2 Å². The second kappa shape index (κ2) is 7.84. The average Bonchev–Trinajstić information content (AvgIpc) is 3.25. The molecule has 2 aromatic carbocycles. The van der Waals surface area contributed by atoms with E-state index in [2.05, 4.69) is 0 Å². The molecular formula is C22H23NO4. The lowest BCUT2D eigenvalue weighted by atomic mass is 10.1. The van der Waals surface area contributed by atoms with E-state index < -0.39 is 0 Å².